The molecule has 1 heterocycles. The molecule has 0 aromatic carbocycles. The minimum Gasteiger partial charge on any atom is -0.249 e. The van der Waals surface area contributed by atoms with Crippen LogP contribution in [0, 0.1) is 0 Å². The van der Waals surface area contributed by atoms with Gasteiger partial charge in [-0.15, -0.1) is 0 Å². The fourth-order valence-electron chi connectivity index (χ4n) is 0.346. The average molecular weight is 130 g/mol. The van der Waals surface area contributed by atoms with Crippen LogP contribution in [-0.4, -0.2) is 23.7 Å². The third-order valence-corrected chi connectivity index (χ3v) is 0.989. The van der Waals surface area contributed by atoms with E-state index < -0.39 is 6.30 Å². The predicted molar refractivity (Wildman–Crippen MR) is 34.5 cm³/mol. The summed E-state index contributed by atoms with van der Waals surface area (Å²) >= 11 is 4.44. The van der Waals surface area contributed by atoms with Crippen molar-refractivity contribution >= 4 is 29.6 Å². The normalized spacial score (nSPS) is 26.6. The van der Waals surface area contributed by atoms with Crippen molar-refractivity contribution in [3.63, 3.8) is 0 Å². The molecule has 0 bridgehead atoms. The van der Waals surface area contributed by atoms with Crippen LogP contribution in [0.4, 0.5) is 4.39 Å². The highest BCUT2D eigenvalue weighted by atomic mass is 32.1. The lowest BCUT2D eigenvalue weighted by Crippen LogP contribution is -2.12. The first-order valence-electron chi connectivity index (χ1n) is 2.04. The zero-order chi connectivity index (χ0) is 5.98. The standard InChI is InChI=1S/C4H3FN2S/c5-3-4(8)7-2-1-6-3/h1-3H. The van der Waals surface area contributed by atoms with E-state index in [2.05, 4.69) is 22.2 Å². The second-order valence-corrected chi connectivity index (χ2v) is 1.67. The summed E-state index contributed by atoms with van der Waals surface area (Å²) in [6, 6.07) is 0. The van der Waals surface area contributed by atoms with Gasteiger partial charge in [0.15, 0.2) is 4.99 Å². The average Bonchev–Trinajstić information content (AvgIpc) is 1.77. The second kappa shape index (κ2) is 2.09. The summed E-state index contributed by atoms with van der Waals surface area (Å²) < 4.78 is 12.1. The van der Waals surface area contributed by atoms with Crippen LogP contribution in [0.25, 0.3) is 0 Å². The maximum atomic E-state index is 12.1. The van der Waals surface area contributed by atoms with Gasteiger partial charge in [0.05, 0.1) is 0 Å². The van der Waals surface area contributed by atoms with Crippen molar-refractivity contribution in [1.29, 1.82) is 0 Å². The minimum absolute atomic E-state index is 0.00694. The molecule has 1 aliphatic rings. The zero-order valence-electron chi connectivity index (χ0n) is 3.91. The van der Waals surface area contributed by atoms with Gasteiger partial charge < -0.3 is 0 Å². The van der Waals surface area contributed by atoms with Crippen LogP contribution in [0.15, 0.2) is 9.98 Å². The molecule has 1 unspecified atom stereocenters. The number of aliphatic imine (C=N–C) groups is 2. The molecule has 1 rings (SSSR count). The zero-order valence-corrected chi connectivity index (χ0v) is 4.73. The van der Waals surface area contributed by atoms with E-state index in [1.165, 1.54) is 12.4 Å². The van der Waals surface area contributed by atoms with Crippen LogP contribution in [0.2, 0.25) is 0 Å². The highest BCUT2D eigenvalue weighted by Crippen LogP contribution is 1.99. The van der Waals surface area contributed by atoms with E-state index in [4.69, 9.17) is 0 Å². The molecule has 0 saturated carbocycles. The van der Waals surface area contributed by atoms with Crippen LogP contribution < -0.4 is 0 Å². The van der Waals surface area contributed by atoms with Gasteiger partial charge in [-0.1, -0.05) is 12.2 Å². The second-order valence-electron chi connectivity index (χ2n) is 1.25. The molecule has 0 amide bonds. The number of rotatable bonds is 0. The predicted octanol–water partition coefficient (Wildman–Crippen LogP) is 0.765. The summed E-state index contributed by atoms with van der Waals surface area (Å²) in [7, 11) is 0. The molecule has 0 spiro atoms. The summed E-state index contributed by atoms with van der Waals surface area (Å²) in [6.45, 7) is 0. The first-order valence-corrected chi connectivity index (χ1v) is 2.45. The number of thiocarbonyl (C=S) groups is 1. The number of hydrogen-bond acceptors (Lipinski definition) is 2. The summed E-state index contributed by atoms with van der Waals surface area (Å²) in [5.74, 6) is 0. The van der Waals surface area contributed by atoms with Gasteiger partial charge in [-0.05, 0) is 0 Å². The van der Waals surface area contributed by atoms with E-state index in [0.29, 0.717) is 0 Å². The number of alkyl halides is 1. The molecule has 0 aromatic rings. The van der Waals surface area contributed by atoms with E-state index in [1.807, 2.05) is 0 Å². The first kappa shape index (κ1) is 5.50. The number of hydrogen-bond donors (Lipinski definition) is 0. The molecule has 42 valence electrons. The first-order chi connectivity index (χ1) is 3.80. The lowest BCUT2D eigenvalue weighted by molar-refractivity contribution is 0.442. The minimum atomic E-state index is -1.39. The molecule has 0 aliphatic carbocycles. The van der Waals surface area contributed by atoms with Gasteiger partial charge in [0.1, 0.15) is 0 Å². The van der Waals surface area contributed by atoms with Gasteiger partial charge >= 0.3 is 0 Å². The maximum Gasteiger partial charge on any atom is 0.242 e. The molecule has 0 N–H and O–H groups in total. The van der Waals surface area contributed by atoms with E-state index in [9.17, 15) is 4.39 Å². The van der Waals surface area contributed by atoms with Crippen LogP contribution in [0.3, 0.4) is 0 Å². The van der Waals surface area contributed by atoms with Gasteiger partial charge in [-0.25, -0.2) is 14.4 Å². The van der Waals surface area contributed by atoms with Crippen LogP contribution in [-0.2, 0) is 0 Å². The largest absolute Gasteiger partial charge is 0.249 e. The van der Waals surface area contributed by atoms with E-state index in [1.54, 1.807) is 0 Å². The van der Waals surface area contributed by atoms with Crippen LogP contribution in [0.5, 0.6) is 0 Å². The molecule has 2 nitrogen and oxygen atoms in total. The van der Waals surface area contributed by atoms with E-state index in [0.717, 1.165) is 0 Å². The van der Waals surface area contributed by atoms with Crippen molar-refractivity contribution in [1.82, 2.24) is 0 Å². The number of halogens is 1. The Hall–Kier alpha value is -0.640. The van der Waals surface area contributed by atoms with Gasteiger partial charge in [-0.2, -0.15) is 0 Å². The SMILES string of the molecule is FC1N=CC=NC1=S. The maximum absolute atomic E-state index is 12.1. The van der Waals surface area contributed by atoms with E-state index in [-0.39, 0.29) is 4.99 Å². The third-order valence-electron chi connectivity index (χ3n) is 0.689. The lowest BCUT2D eigenvalue weighted by Gasteiger charge is -2.00. The molecule has 8 heavy (non-hydrogen) atoms. The van der Waals surface area contributed by atoms with Gasteiger partial charge in [0.2, 0.25) is 6.30 Å². The summed E-state index contributed by atoms with van der Waals surface area (Å²) in [4.78, 5) is 6.83. The lowest BCUT2D eigenvalue weighted by atomic mass is 10.5. The van der Waals surface area contributed by atoms with Crippen LogP contribution >= 0.6 is 12.2 Å². The fraction of sp³-hybridized carbons (Fsp3) is 0.250. The summed E-state index contributed by atoms with van der Waals surface area (Å²) in [5.41, 5.74) is 0. The van der Waals surface area contributed by atoms with Crippen molar-refractivity contribution < 1.29 is 4.39 Å². The molecular weight excluding hydrogens is 127 g/mol. The summed E-state index contributed by atoms with van der Waals surface area (Å²) in [5, 5.41) is 0. The quantitative estimate of drug-likeness (QED) is 0.351. The van der Waals surface area contributed by atoms with Crippen LogP contribution in [0.1, 0.15) is 0 Å². The topological polar surface area (TPSA) is 24.7 Å². The molecule has 0 saturated heterocycles. The third kappa shape index (κ3) is 0.949. The fourth-order valence-corrected chi connectivity index (χ4v) is 0.468. The molecule has 0 radical (unpaired) electrons. The molecule has 1 atom stereocenters. The van der Waals surface area contributed by atoms with Gasteiger partial charge in [-0.3, -0.25) is 0 Å². The van der Waals surface area contributed by atoms with Gasteiger partial charge in [0.25, 0.3) is 0 Å². The van der Waals surface area contributed by atoms with Crippen molar-refractivity contribution in [2.45, 2.75) is 6.30 Å². The summed E-state index contributed by atoms with van der Waals surface area (Å²) in [6.07, 6.45) is 1.27. The van der Waals surface area contributed by atoms with E-state index >= 15 is 0 Å². The monoisotopic (exact) mass is 130 g/mol. The Bertz CT molecular complexity index is 163. The van der Waals surface area contributed by atoms with Crippen molar-refractivity contribution in [2.75, 3.05) is 0 Å². The van der Waals surface area contributed by atoms with Crippen molar-refractivity contribution in [3.8, 4) is 0 Å². The highest BCUT2D eigenvalue weighted by Gasteiger charge is 2.09. The molecule has 4 heteroatoms. The van der Waals surface area contributed by atoms with Crippen molar-refractivity contribution in [2.24, 2.45) is 9.98 Å². The molecular formula is C4H3FN2S. The molecule has 0 fully saturated rings. The van der Waals surface area contributed by atoms with Gasteiger partial charge in [0, 0.05) is 12.4 Å². The Balaban J connectivity index is 2.74. The number of nitrogens with zero attached hydrogens (tertiary/aromatic N) is 2. The smallest absolute Gasteiger partial charge is 0.242 e. The Morgan fingerprint density at radius 1 is 1.62 bits per heavy atom. The highest BCUT2D eigenvalue weighted by molar-refractivity contribution is 7.80. The Morgan fingerprint density at radius 2 is 2.38 bits per heavy atom. The Labute approximate surface area is 51.1 Å². The molecule has 0 aromatic heterocycles. The Kier molecular flexibility index (Phi) is 1.43. The Morgan fingerprint density at radius 3 is 2.75 bits per heavy atom. The van der Waals surface area contributed by atoms with Crippen molar-refractivity contribution in [3.05, 3.63) is 0 Å². The molecule has 1 aliphatic heterocycles.